The van der Waals surface area contributed by atoms with Gasteiger partial charge in [0.25, 0.3) is 0 Å². The van der Waals surface area contributed by atoms with Crippen LogP contribution in [0.2, 0.25) is 0 Å². The lowest BCUT2D eigenvalue weighted by Gasteiger charge is -2.12. The van der Waals surface area contributed by atoms with Crippen LogP contribution >= 0.6 is 0 Å². The molecule has 1 aromatic carbocycles. The van der Waals surface area contributed by atoms with Gasteiger partial charge in [-0.25, -0.2) is 0 Å². The van der Waals surface area contributed by atoms with Crippen LogP contribution in [0.3, 0.4) is 0 Å². The fourth-order valence-electron chi connectivity index (χ4n) is 2.11. The molecule has 3 atom stereocenters. The lowest BCUT2D eigenvalue weighted by atomic mass is 10.1. The summed E-state index contributed by atoms with van der Waals surface area (Å²) in [4.78, 5) is 0. The SMILES string of the molecule is CCC1CC1NCC(O)c1ccc(C#N)cc1. The van der Waals surface area contributed by atoms with Crippen LogP contribution in [0.1, 0.15) is 37.0 Å². The van der Waals surface area contributed by atoms with E-state index in [1.54, 1.807) is 12.1 Å². The van der Waals surface area contributed by atoms with E-state index in [2.05, 4.69) is 18.3 Å². The van der Waals surface area contributed by atoms with Crippen molar-refractivity contribution in [2.75, 3.05) is 6.54 Å². The molecule has 0 heterocycles. The smallest absolute Gasteiger partial charge is 0.0991 e. The number of nitrogens with one attached hydrogen (secondary N) is 1. The Morgan fingerprint density at radius 2 is 2.18 bits per heavy atom. The fraction of sp³-hybridized carbons (Fsp3) is 0.500. The molecule has 1 saturated carbocycles. The van der Waals surface area contributed by atoms with E-state index in [4.69, 9.17) is 5.26 Å². The lowest BCUT2D eigenvalue weighted by Crippen LogP contribution is -2.24. The Hall–Kier alpha value is -1.37. The van der Waals surface area contributed by atoms with Crippen molar-refractivity contribution in [1.29, 1.82) is 5.26 Å². The van der Waals surface area contributed by atoms with Crippen LogP contribution in [-0.4, -0.2) is 17.7 Å². The summed E-state index contributed by atoms with van der Waals surface area (Å²) in [5, 5.41) is 22.0. The van der Waals surface area contributed by atoms with Crippen molar-refractivity contribution in [3.05, 3.63) is 35.4 Å². The van der Waals surface area contributed by atoms with E-state index in [-0.39, 0.29) is 0 Å². The van der Waals surface area contributed by atoms with Crippen LogP contribution in [0.5, 0.6) is 0 Å². The molecule has 1 aliphatic rings. The normalized spacial score (nSPS) is 24.1. The highest BCUT2D eigenvalue weighted by molar-refractivity contribution is 5.32. The largest absolute Gasteiger partial charge is 0.387 e. The molecule has 1 aliphatic carbocycles. The number of nitriles is 1. The quantitative estimate of drug-likeness (QED) is 0.813. The van der Waals surface area contributed by atoms with Crippen molar-refractivity contribution in [2.24, 2.45) is 5.92 Å². The zero-order chi connectivity index (χ0) is 12.3. The van der Waals surface area contributed by atoms with Gasteiger partial charge >= 0.3 is 0 Å². The predicted molar refractivity (Wildman–Crippen MR) is 66.3 cm³/mol. The van der Waals surface area contributed by atoms with Crippen LogP contribution in [0.4, 0.5) is 0 Å². The van der Waals surface area contributed by atoms with Gasteiger partial charge in [0, 0.05) is 12.6 Å². The number of aliphatic hydroxyl groups is 1. The molecule has 0 spiro atoms. The Labute approximate surface area is 102 Å². The van der Waals surface area contributed by atoms with Crippen molar-refractivity contribution in [3.8, 4) is 6.07 Å². The summed E-state index contributed by atoms with van der Waals surface area (Å²) in [5.41, 5.74) is 1.49. The first-order valence-electron chi connectivity index (χ1n) is 6.16. The Morgan fingerprint density at radius 3 is 2.71 bits per heavy atom. The zero-order valence-electron chi connectivity index (χ0n) is 10.1. The van der Waals surface area contributed by atoms with Crippen LogP contribution in [0.25, 0.3) is 0 Å². The van der Waals surface area contributed by atoms with Gasteiger partial charge in [0.15, 0.2) is 0 Å². The molecule has 90 valence electrons. The highest BCUT2D eigenvalue weighted by atomic mass is 16.3. The summed E-state index contributed by atoms with van der Waals surface area (Å²) >= 11 is 0. The molecule has 2 N–H and O–H groups in total. The maximum Gasteiger partial charge on any atom is 0.0991 e. The molecule has 1 fully saturated rings. The molecule has 3 heteroatoms. The van der Waals surface area contributed by atoms with Gasteiger partial charge < -0.3 is 10.4 Å². The Kier molecular flexibility index (Phi) is 3.78. The van der Waals surface area contributed by atoms with E-state index in [1.807, 2.05) is 12.1 Å². The summed E-state index contributed by atoms with van der Waals surface area (Å²) < 4.78 is 0. The molecular formula is C14H18N2O. The van der Waals surface area contributed by atoms with Crippen LogP contribution < -0.4 is 5.32 Å². The van der Waals surface area contributed by atoms with Gasteiger partial charge in [0.05, 0.1) is 17.7 Å². The third-order valence-corrected chi connectivity index (χ3v) is 3.44. The Balaban J connectivity index is 1.83. The molecule has 17 heavy (non-hydrogen) atoms. The van der Waals surface area contributed by atoms with E-state index in [1.165, 1.54) is 12.8 Å². The topological polar surface area (TPSA) is 56.0 Å². The number of hydrogen-bond donors (Lipinski definition) is 2. The second-order valence-corrected chi connectivity index (χ2v) is 4.67. The Bertz CT molecular complexity index is 407. The van der Waals surface area contributed by atoms with E-state index in [9.17, 15) is 5.11 Å². The van der Waals surface area contributed by atoms with Gasteiger partial charge in [-0.3, -0.25) is 0 Å². The Morgan fingerprint density at radius 1 is 1.47 bits per heavy atom. The van der Waals surface area contributed by atoms with Gasteiger partial charge in [0.1, 0.15) is 0 Å². The highest BCUT2D eigenvalue weighted by Gasteiger charge is 2.34. The van der Waals surface area contributed by atoms with E-state index < -0.39 is 6.10 Å². The summed E-state index contributed by atoms with van der Waals surface area (Å²) in [6, 6.07) is 9.77. The number of nitrogens with zero attached hydrogens (tertiary/aromatic N) is 1. The van der Waals surface area contributed by atoms with Crippen LogP contribution in [0, 0.1) is 17.2 Å². The minimum Gasteiger partial charge on any atom is -0.387 e. The maximum absolute atomic E-state index is 9.97. The molecule has 0 bridgehead atoms. The molecule has 3 nitrogen and oxygen atoms in total. The number of hydrogen-bond acceptors (Lipinski definition) is 3. The van der Waals surface area contributed by atoms with Gasteiger partial charge in [0.2, 0.25) is 0 Å². The number of aliphatic hydroxyl groups excluding tert-OH is 1. The molecule has 0 aliphatic heterocycles. The lowest BCUT2D eigenvalue weighted by molar-refractivity contribution is 0.173. The van der Waals surface area contributed by atoms with Crippen molar-refractivity contribution in [1.82, 2.24) is 5.32 Å². The third kappa shape index (κ3) is 3.06. The molecule has 0 radical (unpaired) electrons. The predicted octanol–water partition coefficient (Wildman–Crippen LogP) is 1.98. The minimum atomic E-state index is -0.485. The first kappa shape index (κ1) is 12.1. The van der Waals surface area contributed by atoms with Crippen LogP contribution in [-0.2, 0) is 0 Å². The molecule has 0 aromatic heterocycles. The van der Waals surface area contributed by atoms with Gasteiger partial charge in [-0.2, -0.15) is 5.26 Å². The number of rotatable bonds is 5. The summed E-state index contributed by atoms with van der Waals surface area (Å²) in [5.74, 6) is 0.795. The first-order chi connectivity index (χ1) is 8.24. The third-order valence-electron chi connectivity index (χ3n) is 3.44. The minimum absolute atomic E-state index is 0.485. The fourth-order valence-corrected chi connectivity index (χ4v) is 2.11. The van der Waals surface area contributed by atoms with Crippen molar-refractivity contribution >= 4 is 0 Å². The molecule has 1 aromatic rings. The molecule has 2 rings (SSSR count). The van der Waals surface area contributed by atoms with E-state index in [0.29, 0.717) is 18.2 Å². The maximum atomic E-state index is 9.97. The van der Waals surface area contributed by atoms with Gasteiger partial charge in [-0.15, -0.1) is 0 Å². The highest BCUT2D eigenvalue weighted by Crippen LogP contribution is 2.33. The standard InChI is InChI=1S/C14H18N2O/c1-2-11-7-13(11)16-9-14(17)12-5-3-10(8-15)4-6-12/h3-6,11,13-14,16-17H,2,7,9H2,1H3. The molecule has 0 saturated heterocycles. The van der Waals surface area contributed by atoms with Gasteiger partial charge in [-0.05, 0) is 30.0 Å². The van der Waals surface area contributed by atoms with Crippen molar-refractivity contribution in [3.63, 3.8) is 0 Å². The molecule has 3 unspecified atom stereocenters. The van der Waals surface area contributed by atoms with Crippen LogP contribution in [0.15, 0.2) is 24.3 Å². The second-order valence-electron chi connectivity index (χ2n) is 4.67. The second kappa shape index (κ2) is 5.31. The van der Waals surface area contributed by atoms with Gasteiger partial charge in [-0.1, -0.05) is 25.5 Å². The monoisotopic (exact) mass is 230 g/mol. The average molecular weight is 230 g/mol. The summed E-state index contributed by atoms with van der Waals surface area (Å²) in [6.45, 7) is 2.79. The summed E-state index contributed by atoms with van der Waals surface area (Å²) in [6.07, 6.45) is 1.96. The first-order valence-corrected chi connectivity index (χ1v) is 6.16. The average Bonchev–Trinajstić information content (AvgIpc) is 3.14. The van der Waals surface area contributed by atoms with E-state index >= 15 is 0 Å². The van der Waals surface area contributed by atoms with Crippen molar-refractivity contribution < 1.29 is 5.11 Å². The molecule has 0 amide bonds. The molecular weight excluding hydrogens is 212 g/mol. The van der Waals surface area contributed by atoms with Crippen molar-refractivity contribution in [2.45, 2.75) is 31.9 Å². The van der Waals surface area contributed by atoms with E-state index in [0.717, 1.165) is 11.5 Å². The summed E-state index contributed by atoms with van der Waals surface area (Å²) in [7, 11) is 0. The zero-order valence-corrected chi connectivity index (χ0v) is 10.1. The number of benzene rings is 1.